The molecule has 5 amide bonds. The number of anilines is 1. The summed E-state index contributed by atoms with van der Waals surface area (Å²) in [5.41, 5.74) is 2.51. The van der Waals surface area contributed by atoms with Gasteiger partial charge in [0.15, 0.2) is 0 Å². The van der Waals surface area contributed by atoms with Gasteiger partial charge in [-0.15, -0.1) is 11.3 Å². The summed E-state index contributed by atoms with van der Waals surface area (Å²) in [4.78, 5) is 51.8. The highest BCUT2D eigenvalue weighted by molar-refractivity contribution is 7.09. The molecule has 1 aliphatic rings. The van der Waals surface area contributed by atoms with Crippen molar-refractivity contribution in [3.8, 4) is 0 Å². The topological polar surface area (TPSA) is 86.8 Å². The SMILES string of the molecule is Cc1cccc(C(C)C)c1NC(=O)CN1C(=O)C(=O)N(Cc2cccs2)C1=O. The number of para-hydroxylation sites is 1. The number of hydrogen-bond donors (Lipinski definition) is 1. The normalized spacial score (nSPS) is 14.4. The molecular weight excluding hydrogens is 378 g/mol. The molecule has 28 heavy (non-hydrogen) atoms. The van der Waals surface area contributed by atoms with E-state index in [-0.39, 0.29) is 12.5 Å². The summed E-state index contributed by atoms with van der Waals surface area (Å²) < 4.78 is 0. The van der Waals surface area contributed by atoms with Gasteiger partial charge >= 0.3 is 17.8 Å². The molecule has 0 aliphatic carbocycles. The number of imide groups is 2. The summed E-state index contributed by atoms with van der Waals surface area (Å²) in [5.74, 6) is -2.23. The second kappa shape index (κ2) is 7.93. The molecule has 1 aliphatic heterocycles. The van der Waals surface area contributed by atoms with Crippen molar-refractivity contribution in [3.63, 3.8) is 0 Å². The summed E-state index contributed by atoms with van der Waals surface area (Å²) in [5, 5.41) is 4.61. The van der Waals surface area contributed by atoms with Crippen LogP contribution in [-0.4, -0.2) is 40.1 Å². The lowest BCUT2D eigenvalue weighted by atomic mass is 9.98. The number of aryl methyl sites for hydroxylation is 1. The van der Waals surface area contributed by atoms with Gasteiger partial charge in [-0.3, -0.25) is 19.3 Å². The average molecular weight is 399 g/mol. The van der Waals surface area contributed by atoms with Crippen LogP contribution in [0.4, 0.5) is 10.5 Å². The van der Waals surface area contributed by atoms with Crippen LogP contribution in [0, 0.1) is 6.92 Å². The quantitative estimate of drug-likeness (QED) is 0.597. The molecule has 8 heteroatoms. The minimum Gasteiger partial charge on any atom is -0.324 e. The van der Waals surface area contributed by atoms with Crippen LogP contribution < -0.4 is 5.32 Å². The Labute approximate surface area is 166 Å². The number of carbonyl (C=O) groups is 4. The second-order valence-corrected chi connectivity index (χ2v) is 7.92. The summed E-state index contributed by atoms with van der Waals surface area (Å²) in [7, 11) is 0. The fourth-order valence-electron chi connectivity index (χ4n) is 3.05. The van der Waals surface area contributed by atoms with Crippen LogP contribution >= 0.6 is 11.3 Å². The van der Waals surface area contributed by atoms with Crippen LogP contribution in [0.1, 0.15) is 35.8 Å². The molecule has 0 spiro atoms. The van der Waals surface area contributed by atoms with Gasteiger partial charge in [0, 0.05) is 10.6 Å². The molecule has 1 saturated heterocycles. The Morgan fingerprint density at radius 3 is 2.43 bits per heavy atom. The van der Waals surface area contributed by atoms with E-state index in [1.54, 1.807) is 12.1 Å². The summed E-state index contributed by atoms with van der Waals surface area (Å²) in [6.45, 7) is 5.42. The molecule has 1 fully saturated rings. The average Bonchev–Trinajstić information content (AvgIpc) is 3.22. The molecule has 2 aromatic rings. The molecule has 0 atom stereocenters. The Morgan fingerprint density at radius 1 is 1.07 bits per heavy atom. The van der Waals surface area contributed by atoms with Crippen molar-refractivity contribution in [2.24, 2.45) is 0 Å². The van der Waals surface area contributed by atoms with Gasteiger partial charge in [0.25, 0.3) is 0 Å². The molecule has 7 nitrogen and oxygen atoms in total. The van der Waals surface area contributed by atoms with Crippen LogP contribution in [0.15, 0.2) is 35.7 Å². The van der Waals surface area contributed by atoms with Gasteiger partial charge < -0.3 is 5.32 Å². The third kappa shape index (κ3) is 3.82. The standard InChI is InChI=1S/C20H21N3O4S/c1-12(2)15-8-4-6-13(3)17(15)21-16(24)11-23-19(26)18(25)22(20(23)27)10-14-7-5-9-28-14/h4-9,12H,10-11H2,1-3H3,(H,21,24). The smallest absolute Gasteiger partial charge is 0.324 e. The van der Waals surface area contributed by atoms with E-state index in [9.17, 15) is 19.2 Å². The zero-order chi connectivity index (χ0) is 20.4. The Balaban J connectivity index is 1.73. The van der Waals surface area contributed by atoms with Crippen LogP contribution in [0.25, 0.3) is 0 Å². The van der Waals surface area contributed by atoms with Crippen LogP contribution in [-0.2, 0) is 20.9 Å². The van der Waals surface area contributed by atoms with Gasteiger partial charge in [0.2, 0.25) is 5.91 Å². The highest BCUT2D eigenvalue weighted by atomic mass is 32.1. The number of urea groups is 1. The van der Waals surface area contributed by atoms with Gasteiger partial charge in [-0.05, 0) is 35.4 Å². The zero-order valence-corrected chi connectivity index (χ0v) is 16.7. The Hall–Kier alpha value is -3.00. The van der Waals surface area contributed by atoms with E-state index >= 15 is 0 Å². The molecule has 0 unspecified atom stereocenters. The summed E-state index contributed by atoms with van der Waals surface area (Å²) in [6, 6.07) is 8.51. The van der Waals surface area contributed by atoms with Gasteiger partial charge in [-0.25, -0.2) is 9.69 Å². The molecule has 1 aromatic heterocycles. The van der Waals surface area contributed by atoms with Gasteiger partial charge in [-0.1, -0.05) is 38.1 Å². The van der Waals surface area contributed by atoms with E-state index < -0.39 is 30.3 Å². The first-order chi connectivity index (χ1) is 13.3. The van der Waals surface area contributed by atoms with Crippen molar-refractivity contribution in [1.29, 1.82) is 0 Å². The summed E-state index contributed by atoms with van der Waals surface area (Å²) >= 11 is 1.38. The second-order valence-electron chi connectivity index (χ2n) is 6.89. The Morgan fingerprint density at radius 2 is 1.79 bits per heavy atom. The van der Waals surface area contributed by atoms with Crippen molar-refractivity contribution < 1.29 is 19.2 Å². The maximum absolute atomic E-state index is 12.5. The number of nitrogens with one attached hydrogen (secondary N) is 1. The molecule has 1 N–H and O–H groups in total. The fraction of sp³-hybridized carbons (Fsp3) is 0.300. The van der Waals surface area contributed by atoms with Crippen LogP contribution in [0.5, 0.6) is 0 Å². The van der Waals surface area contributed by atoms with E-state index in [2.05, 4.69) is 5.32 Å². The van der Waals surface area contributed by atoms with Crippen molar-refractivity contribution >= 4 is 40.8 Å². The van der Waals surface area contributed by atoms with Crippen LogP contribution in [0.3, 0.4) is 0 Å². The first kappa shape index (κ1) is 19.8. The third-order valence-electron chi connectivity index (χ3n) is 4.52. The lowest BCUT2D eigenvalue weighted by Crippen LogP contribution is -2.39. The van der Waals surface area contributed by atoms with Crippen LogP contribution in [0.2, 0.25) is 0 Å². The predicted octanol–water partition coefficient (Wildman–Crippen LogP) is 3.11. The Kier molecular flexibility index (Phi) is 5.60. The maximum atomic E-state index is 12.5. The molecule has 0 bridgehead atoms. The van der Waals surface area contributed by atoms with E-state index in [0.29, 0.717) is 10.6 Å². The number of carbonyl (C=O) groups excluding carboxylic acids is 4. The van der Waals surface area contributed by atoms with Crippen molar-refractivity contribution in [3.05, 3.63) is 51.7 Å². The molecule has 146 valence electrons. The number of thiophene rings is 1. The van der Waals surface area contributed by atoms with E-state index in [1.165, 1.54) is 11.3 Å². The predicted molar refractivity (Wildman–Crippen MR) is 106 cm³/mol. The molecule has 3 rings (SSSR count). The minimum absolute atomic E-state index is 0.0223. The van der Waals surface area contributed by atoms with Crippen molar-refractivity contribution in [2.45, 2.75) is 33.2 Å². The highest BCUT2D eigenvalue weighted by Gasteiger charge is 2.45. The maximum Gasteiger partial charge on any atom is 0.335 e. The van der Waals surface area contributed by atoms with Crippen molar-refractivity contribution in [2.75, 3.05) is 11.9 Å². The molecule has 1 aromatic carbocycles. The Bertz CT molecular complexity index is 937. The lowest BCUT2D eigenvalue weighted by molar-refractivity contribution is -0.143. The monoisotopic (exact) mass is 399 g/mol. The van der Waals surface area contributed by atoms with Gasteiger partial charge in [0.1, 0.15) is 6.54 Å². The van der Waals surface area contributed by atoms with Crippen molar-refractivity contribution in [1.82, 2.24) is 9.80 Å². The number of amides is 5. The fourth-order valence-corrected chi connectivity index (χ4v) is 3.75. The molecule has 0 radical (unpaired) electrons. The largest absolute Gasteiger partial charge is 0.335 e. The van der Waals surface area contributed by atoms with E-state index in [0.717, 1.165) is 20.9 Å². The van der Waals surface area contributed by atoms with Gasteiger partial charge in [0.05, 0.1) is 6.54 Å². The number of nitrogens with zero attached hydrogens (tertiary/aromatic N) is 2. The minimum atomic E-state index is -0.981. The number of hydrogen-bond acceptors (Lipinski definition) is 5. The molecular formula is C20H21N3O4S. The van der Waals surface area contributed by atoms with E-state index in [1.807, 2.05) is 44.4 Å². The number of rotatable bonds is 6. The number of benzene rings is 1. The third-order valence-corrected chi connectivity index (χ3v) is 5.38. The zero-order valence-electron chi connectivity index (χ0n) is 15.9. The first-order valence-corrected chi connectivity index (χ1v) is 9.76. The summed E-state index contributed by atoms with van der Waals surface area (Å²) in [6.07, 6.45) is 0. The molecule has 2 heterocycles. The van der Waals surface area contributed by atoms with E-state index in [4.69, 9.17) is 0 Å². The lowest BCUT2D eigenvalue weighted by Gasteiger charge is -2.18. The van der Waals surface area contributed by atoms with Gasteiger partial charge in [-0.2, -0.15) is 0 Å². The first-order valence-electron chi connectivity index (χ1n) is 8.88. The highest BCUT2D eigenvalue weighted by Crippen LogP contribution is 2.27. The molecule has 0 saturated carbocycles.